The molecule has 144 valence electrons. The highest BCUT2D eigenvalue weighted by Gasteiger charge is 2.41. The van der Waals surface area contributed by atoms with Crippen LogP contribution < -0.4 is 10.0 Å². The van der Waals surface area contributed by atoms with Crippen LogP contribution in [0, 0.1) is 11.3 Å². The predicted octanol–water partition coefficient (Wildman–Crippen LogP) is 1.94. The molecule has 0 radical (unpaired) electrons. The van der Waals surface area contributed by atoms with E-state index in [1.54, 1.807) is 0 Å². The van der Waals surface area contributed by atoms with Gasteiger partial charge >= 0.3 is 0 Å². The summed E-state index contributed by atoms with van der Waals surface area (Å²) in [5, 5.41) is 3.35. The van der Waals surface area contributed by atoms with Crippen LogP contribution in [0.25, 0.3) is 0 Å². The lowest BCUT2D eigenvalue weighted by Crippen LogP contribution is -2.41. The number of hydrogen-bond acceptors (Lipinski definition) is 3. The summed E-state index contributed by atoms with van der Waals surface area (Å²) >= 11 is 0. The highest BCUT2D eigenvalue weighted by Crippen LogP contribution is 2.45. The maximum atomic E-state index is 12.1. The summed E-state index contributed by atoms with van der Waals surface area (Å²) in [6, 6.07) is 0. The van der Waals surface area contributed by atoms with Gasteiger partial charge in [0.15, 0.2) is 5.96 Å². The van der Waals surface area contributed by atoms with E-state index in [-0.39, 0.29) is 5.75 Å². The minimum absolute atomic E-state index is 0.0770. The topological polar surface area (TPSA) is 73.8 Å². The van der Waals surface area contributed by atoms with Crippen LogP contribution in [0.15, 0.2) is 4.99 Å². The minimum atomic E-state index is -3.21. The van der Waals surface area contributed by atoms with Crippen molar-refractivity contribution in [3.63, 3.8) is 0 Å². The maximum Gasteiger partial charge on any atom is 0.213 e. The number of guanidine groups is 1. The Morgan fingerprint density at radius 3 is 2.60 bits per heavy atom. The molecule has 2 aliphatic carbocycles. The summed E-state index contributed by atoms with van der Waals surface area (Å²) in [5.74, 6) is 1.51. The van der Waals surface area contributed by atoms with Gasteiger partial charge in [-0.15, -0.1) is 0 Å². The first kappa shape index (κ1) is 19.0. The van der Waals surface area contributed by atoms with E-state index in [1.165, 1.54) is 38.5 Å². The predicted molar refractivity (Wildman–Crippen MR) is 102 cm³/mol. The Morgan fingerprint density at radius 1 is 1.20 bits per heavy atom. The molecule has 0 atom stereocenters. The summed E-state index contributed by atoms with van der Waals surface area (Å²) < 4.78 is 27.0. The Morgan fingerprint density at radius 2 is 1.96 bits per heavy atom. The van der Waals surface area contributed by atoms with Crippen LogP contribution in [0.5, 0.6) is 0 Å². The third-order valence-corrected chi connectivity index (χ3v) is 7.50. The number of rotatable bonds is 7. The summed E-state index contributed by atoms with van der Waals surface area (Å²) in [6.07, 6.45) is 10.2. The minimum Gasteiger partial charge on any atom is -0.357 e. The van der Waals surface area contributed by atoms with Crippen LogP contribution in [0.1, 0.15) is 58.3 Å². The van der Waals surface area contributed by atoms with E-state index >= 15 is 0 Å². The van der Waals surface area contributed by atoms with Crippen LogP contribution >= 0.6 is 0 Å². The van der Waals surface area contributed by atoms with E-state index in [0.29, 0.717) is 24.4 Å². The molecule has 2 saturated carbocycles. The molecule has 25 heavy (non-hydrogen) atoms. The Kier molecular flexibility index (Phi) is 6.25. The van der Waals surface area contributed by atoms with Crippen LogP contribution in [-0.2, 0) is 10.0 Å². The summed E-state index contributed by atoms with van der Waals surface area (Å²) in [6.45, 7) is 5.92. The third-order valence-electron chi connectivity index (χ3n) is 6.18. The number of sulfonamides is 1. The van der Waals surface area contributed by atoms with Gasteiger partial charge < -0.3 is 10.2 Å². The van der Waals surface area contributed by atoms with Crippen LogP contribution in [0.3, 0.4) is 0 Å². The van der Waals surface area contributed by atoms with E-state index in [2.05, 4.69) is 26.9 Å². The zero-order chi connectivity index (χ0) is 17.8. The van der Waals surface area contributed by atoms with Gasteiger partial charge in [0.2, 0.25) is 10.0 Å². The van der Waals surface area contributed by atoms with Crippen molar-refractivity contribution in [1.82, 2.24) is 14.9 Å². The second-order valence-electron chi connectivity index (χ2n) is 8.08. The number of nitrogens with one attached hydrogen (secondary N) is 2. The lowest BCUT2D eigenvalue weighted by molar-refractivity contribution is 0.309. The molecule has 0 aromatic rings. The van der Waals surface area contributed by atoms with Crippen LogP contribution in [-0.4, -0.2) is 57.8 Å². The van der Waals surface area contributed by atoms with Crippen molar-refractivity contribution in [2.75, 3.05) is 38.5 Å². The van der Waals surface area contributed by atoms with E-state index in [9.17, 15) is 8.42 Å². The summed E-state index contributed by atoms with van der Waals surface area (Å²) in [7, 11) is -3.21. The molecule has 0 amide bonds. The second kappa shape index (κ2) is 8.25. The van der Waals surface area contributed by atoms with Crippen molar-refractivity contribution in [3.8, 4) is 0 Å². The molecule has 0 aromatic carbocycles. The molecule has 3 rings (SSSR count). The first-order chi connectivity index (χ1) is 12.0. The Hall–Kier alpha value is -0.820. The fourth-order valence-electron chi connectivity index (χ4n) is 4.36. The number of hydrogen-bond donors (Lipinski definition) is 2. The molecule has 0 bridgehead atoms. The first-order valence-corrected chi connectivity index (χ1v) is 11.7. The molecule has 6 nitrogen and oxygen atoms in total. The molecule has 0 unspecified atom stereocenters. The smallest absolute Gasteiger partial charge is 0.213 e. The second-order valence-corrected chi connectivity index (χ2v) is 10.0. The molecule has 1 heterocycles. The largest absolute Gasteiger partial charge is 0.357 e. The lowest BCUT2D eigenvalue weighted by Gasteiger charge is -2.26. The summed E-state index contributed by atoms with van der Waals surface area (Å²) in [4.78, 5) is 6.95. The molecule has 1 aliphatic heterocycles. The fraction of sp³-hybridized carbons (Fsp3) is 0.944. The highest BCUT2D eigenvalue weighted by molar-refractivity contribution is 7.89. The van der Waals surface area contributed by atoms with E-state index < -0.39 is 10.0 Å². The van der Waals surface area contributed by atoms with Gasteiger partial charge in [-0.25, -0.2) is 13.1 Å². The van der Waals surface area contributed by atoms with Gasteiger partial charge in [-0.3, -0.25) is 4.99 Å². The molecular weight excluding hydrogens is 336 g/mol. The van der Waals surface area contributed by atoms with Crippen molar-refractivity contribution < 1.29 is 8.42 Å². The molecule has 2 N–H and O–H groups in total. The molecule has 7 heteroatoms. The van der Waals surface area contributed by atoms with Crippen molar-refractivity contribution >= 4 is 16.0 Å². The van der Waals surface area contributed by atoms with Crippen LogP contribution in [0.4, 0.5) is 0 Å². The quantitative estimate of drug-likeness (QED) is 0.530. The van der Waals surface area contributed by atoms with Crippen molar-refractivity contribution in [3.05, 3.63) is 0 Å². The van der Waals surface area contributed by atoms with Crippen molar-refractivity contribution in [2.24, 2.45) is 16.3 Å². The van der Waals surface area contributed by atoms with Gasteiger partial charge in [0.25, 0.3) is 0 Å². The molecular formula is C18H34N4O2S. The zero-order valence-electron chi connectivity index (χ0n) is 15.6. The number of likely N-dealkylation sites (tertiary alicyclic amines) is 1. The van der Waals surface area contributed by atoms with E-state index in [0.717, 1.165) is 38.4 Å². The van der Waals surface area contributed by atoms with Crippen molar-refractivity contribution in [2.45, 2.75) is 58.3 Å². The standard InChI is InChI=1S/C18H34N4O2S/c1-2-19-17(22-12-10-18(15-22)8-3-4-9-18)20-11-13-25(23,24)21-14-16-6-5-7-16/h16,21H,2-15H2,1H3,(H,19,20). The van der Waals surface area contributed by atoms with Gasteiger partial charge in [-0.2, -0.15) is 0 Å². The van der Waals surface area contributed by atoms with Crippen molar-refractivity contribution in [1.29, 1.82) is 0 Å². The third kappa shape index (κ3) is 5.09. The lowest BCUT2D eigenvalue weighted by atomic mass is 9.86. The van der Waals surface area contributed by atoms with Gasteiger partial charge in [0.1, 0.15) is 0 Å². The maximum absolute atomic E-state index is 12.1. The van der Waals surface area contributed by atoms with Crippen LogP contribution in [0.2, 0.25) is 0 Å². The van der Waals surface area contributed by atoms with Gasteiger partial charge in [-0.05, 0) is 50.4 Å². The molecule has 3 fully saturated rings. The normalized spacial score (nSPS) is 24.0. The van der Waals surface area contributed by atoms with Gasteiger partial charge in [0, 0.05) is 26.2 Å². The highest BCUT2D eigenvalue weighted by atomic mass is 32.2. The number of nitrogens with zero attached hydrogens (tertiary/aromatic N) is 2. The zero-order valence-corrected chi connectivity index (χ0v) is 16.4. The Labute approximate surface area is 152 Å². The number of aliphatic imine (C=N–C) groups is 1. The summed E-state index contributed by atoms with van der Waals surface area (Å²) in [5.41, 5.74) is 0.493. The first-order valence-electron chi connectivity index (χ1n) is 10.0. The fourth-order valence-corrected chi connectivity index (χ4v) is 5.33. The Balaban J connectivity index is 1.49. The van der Waals surface area contributed by atoms with E-state index in [1.807, 2.05) is 0 Å². The average molecular weight is 371 g/mol. The molecule has 0 aromatic heterocycles. The Bertz CT molecular complexity index is 566. The van der Waals surface area contributed by atoms with E-state index in [4.69, 9.17) is 0 Å². The molecule has 1 saturated heterocycles. The molecule has 1 spiro atoms. The van der Waals surface area contributed by atoms with Gasteiger partial charge in [-0.1, -0.05) is 19.3 Å². The SMILES string of the molecule is CCNC(=NCCS(=O)(=O)NCC1CCC1)N1CCC2(CCCC2)C1. The average Bonchev–Trinajstić information content (AvgIpc) is 3.15. The van der Waals surface area contributed by atoms with Gasteiger partial charge in [0.05, 0.1) is 12.3 Å². The monoisotopic (exact) mass is 370 g/mol. The molecule has 3 aliphatic rings.